The predicted octanol–water partition coefficient (Wildman–Crippen LogP) is 1.40. The molecule has 8 heteroatoms. The Hall–Kier alpha value is -2.22. The van der Waals surface area contributed by atoms with E-state index in [0.29, 0.717) is 23.8 Å². The average molecular weight is 305 g/mol. The van der Waals surface area contributed by atoms with Gasteiger partial charge in [-0.25, -0.2) is 0 Å². The van der Waals surface area contributed by atoms with E-state index in [4.69, 9.17) is 9.26 Å². The van der Waals surface area contributed by atoms with E-state index in [1.165, 1.54) is 4.90 Å². The molecule has 2 atom stereocenters. The first-order chi connectivity index (χ1) is 10.5. The van der Waals surface area contributed by atoms with Gasteiger partial charge >= 0.3 is 0 Å². The molecule has 8 nitrogen and oxygen atoms in total. The van der Waals surface area contributed by atoms with Gasteiger partial charge < -0.3 is 14.2 Å². The number of carbonyl (C=O) groups is 1. The molecule has 0 bridgehead atoms. The number of H-pyrrole nitrogens is 1. The maximum absolute atomic E-state index is 12.6. The van der Waals surface area contributed by atoms with Crippen molar-refractivity contribution in [1.82, 2.24) is 25.2 Å². The third-order valence-corrected chi connectivity index (χ3v) is 3.73. The highest BCUT2D eigenvalue weighted by Gasteiger charge is 2.30. The second-order valence-corrected chi connectivity index (χ2v) is 5.65. The van der Waals surface area contributed by atoms with Gasteiger partial charge in [0.15, 0.2) is 11.5 Å². The lowest BCUT2D eigenvalue weighted by molar-refractivity contribution is -0.00702. The summed E-state index contributed by atoms with van der Waals surface area (Å²) in [5.41, 5.74) is 2.25. The molecule has 0 radical (unpaired) electrons. The SMILES string of the molecule is Cc1noc(CN(C)C(=O)c2n[nH]c3c2C[C@@H](C)O[C@H]3C)n1. The molecule has 0 aliphatic carbocycles. The highest BCUT2D eigenvalue weighted by atomic mass is 16.5. The van der Waals surface area contributed by atoms with Gasteiger partial charge in [-0.15, -0.1) is 0 Å². The van der Waals surface area contributed by atoms with E-state index in [1.807, 2.05) is 13.8 Å². The van der Waals surface area contributed by atoms with Crippen LogP contribution in [0.25, 0.3) is 0 Å². The minimum absolute atomic E-state index is 0.0653. The number of aromatic nitrogens is 4. The quantitative estimate of drug-likeness (QED) is 0.920. The first-order valence-electron chi connectivity index (χ1n) is 7.23. The second kappa shape index (κ2) is 5.53. The van der Waals surface area contributed by atoms with Crippen LogP contribution in [0.2, 0.25) is 0 Å². The molecule has 0 saturated heterocycles. The first kappa shape index (κ1) is 14.7. The van der Waals surface area contributed by atoms with Crippen molar-refractivity contribution in [3.8, 4) is 0 Å². The van der Waals surface area contributed by atoms with Crippen LogP contribution in [0, 0.1) is 6.92 Å². The van der Waals surface area contributed by atoms with Crippen molar-refractivity contribution in [2.75, 3.05) is 7.05 Å². The van der Waals surface area contributed by atoms with Crippen LogP contribution in [0.15, 0.2) is 4.52 Å². The molecule has 3 rings (SSSR count). The number of nitrogens with one attached hydrogen (secondary N) is 1. The topological polar surface area (TPSA) is 97.1 Å². The van der Waals surface area contributed by atoms with Gasteiger partial charge in [-0.2, -0.15) is 10.1 Å². The maximum atomic E-state index is 12.6. The summed E-state index contributed by atoms with van der Waals surface area (Å²) in [7, 11) is 1.69. The van der Waals surface area contributed by atoms with Crippen molar-refractivity contribution in [2.45, 2.75) is 45.9 Å². The Bertz CT molecular complexity index is 692. The first-order valence-corrected chi connectivity index (χ1v) is 7.23. The molecular formula is C14H19N5O3. The van der Waals surface area contributed by atoms with Crippen molar-refractivity contribution < 1.29 is 14.1 Å². The van der Waals surface area contributed by atoms with Gasteiger partial charge in [0.2, 0.25) is 5.89 Å². The molecule has 2 aromatic heterocycles. The number of aryl methyl sites for hydroxylation is 1. The molecule has 0 unspecified atom stereocenters. The van der Waals surface area contributed by atoms with Gasteiger partial charge in [-0.3, -0.25) is 9.89 Å². The van der Waals surface area contributed by atoms with E-state index < -0.39 is 0 Å². The molecular weight excluding hydrogens is 286 g/mol. The smallest absolute Gasteiger partial charge is 0.274 e. The summed E-state index contributed by atoms with van der Waals surface area (Å²) in [4.78, 5) is 18.2. The molecule has 118 valence electrons. The molecule has 0 saturated carbocycles. The minimum atomic E-state index is -0.172. The largest absolute Gasteiger partial charge is 0.369 e. The summed E-state index contributed by atoms with van der Waals surface area (Å²) < 4.78 is 10.8. The van der Waals surface area contributed by atoms with Crippen LogP contribution in [0.1, 0.15) is 53.4 Å². The molecule has 3 heterocycles. The van der Waals surface area contributed by atoms with Gasteiger partial charge in [0.1, 0.15) is 6.54 Å². The number of aromatic amines is 1. The normalized spacial score (nSPS) is 20.7. The van der Waals surface area contributed by atoms with Crippen molar-refractivity contribution in [1.29, 1.82) is 0 Å². The van der Waals surface area contributed by atoms with Crippen LogP contribution in [-0.2, 0) is 17.7 Å². The van der Waals surface area contributed by atoms with Crippen LogP contribution in [-0.4, -0.2) is 44.3 Å². The zero-order valence-electron chi connectivity index (χ0n) is 13.1. The fourth-order valence-corrected chi connectivity index (χ4v) is 2.71. The molecule has 1 aliphatic heterocycles. The van der Waals surface area contributed by atoms with Crippen LogP contribution in [0.5, 0.6) is 0 Å². The zero-order valence-corrected chi connectivity index (χ0v) is 13.1. The van der Waals surface area contributed by atoms with E-state index in [1.54, 1.807) is 14.0 Å². The number of carbonyl (C=O) groups excluding carboxylic acids is 1. The highest BCUT2D eigenvalue weighted by molar-refractivity contribution is 5.93. The van der Waals surface area contributed by atoms with E-state index >= 15 is 0 Å². The lowest BCUT2D eigenvalue weighted by Gasteiger charge is -2.25. The van der Waals surface area contributed by atoms with Crippen LogP contribution < -0.4 is 0 Å². The third-order valence-electron chi connectivity index (χ3n) is 3.73. The van der Waals surface area contributed by atoms with Gasteiger partial charge in [-0.05, 0) is 20.8 Å². The van der Waals surface area contributed by atoms with Crippen molar-refractivity contribution in [3.63, 3.8) is 0 Å². The number of nitrogens with zero attached hydrogens (tertiary/aromatic N) is 4. The molecule has 2 aromatic rings. The fraction of sp³-hybridized carbons (Fsp3) is 0.571. The number of rotatable bonds is 3. The fourth-order valence-electron chi connectivity index (χ4n) is 2.71. The van der Waals surface area contributed by atoms with E-state index in [0.717, 1.165) is 11.3 Å². The monoisotopic (exact) mass is 305 g/mol. The zero-order chi connectivity index (χ0) is 15.9. The number of ether oxygens (including phenoxy) is 1. The number of fused-ring (bicyclic) bond motifs is 1. The molecule has 0 fully saturated rings. The van der Waals surface area contributed by atoms with Gasteiger partial charge in [0.25, 0.3) is 5.91 Å². The lowest BCUT2D eigenvalue weighted by atomic mass is 9.99. The lowest BCUT2D eigenvalue weighted by Crippen LogP contribution is -2.29. The van der Waals surface area contributed by atoms with E-state index in [-0.39, 0.29) is 24.7 Å². The standard InChI is InChI=1S/C14H19N5O3/c1-7-5-10-12(8(2)21-7)16-17-13(10)14(20)19(4)6-11-15-9(3)18-22-11/h7-8H,5-6H2,1-4H3,(H,16,17)/t7-,8+/m1/s1. The van der Waals surface area contributed by atoms with Gasteiger partial charge in [0, 0.05) is 19.0 Å². The van der Waals surface area contributed by atoms with Crippen LogP contribution in [0.3, 0.4) is 0 Å². The highest BCUT2D eigenvalue weighted by Crippen LogP contribution is 2.30. The number of hydrogen-bond acceptors (Lipinski definition) is 6. The summed E-state index contributed by atoms with van der Waals surface area (Å²) in [6, 6.07) is 0. The van der Waals surface area contributed by atoms with Crippen LogP contribution >= 0.6 is 0 Å². The molecule has 1 amide bonds. The average Bonchev–Trinajstić information content (AvgIpc) is 3.04. The summed E-state index contributed by atoms with van der Waals surface area (Å²) in [5, 5.41) is 10.8. The summed E-state index contributed by atoms with van der Waals surface area (Å²) >= 11 is 0. The van der Waals surface area contributed by atoms with Gasteiger partial charge in [-0.1, -0.05) is 5.16 Å². The summed E-state index contributed by atoms with van der Waals surface area (Å²) in [6.45, 7) is 5.93. The summed E-state index contributed by atoms with van der Waals surface area (Å²) in [6.07, 6.45) is 0.650. The van der Waals surface area contributed by atoms with E-state index in [9.17, 15) is 4.79 Å². The predicted molar refractivity (Wildman–Crippen MR) is 76.1 cm³/mol. The Labute approximate surface area is 127 Å². The van der Waals surface area contributed by atoms with Crippen molar-refractivity contribution in [2.24, 2.45) is 0 Å². The molecule has 1 N–H and O–H groups in total. The Balaban J connectivity index is 1.80. The number of amides is 1. The minimum Gasteiger partial charge on any atom is -0.369 e. The van der Waals surface area contributed by atoms with Crippen LogP contribution in [0.4, 0.5) is 0 Å². The van der Waals surface area contributed by atoms with Crippen molar-refractivity contribution >= 4 is 5.91 Å². The Morgan fingerprint density at radius 2 is 2.23 bits per heavy atom. The number of hydrogen-bond donors (Lipinski definition) is 1. The van der Waals surface area contributed by atoms with Crippen molar-refractivity contribution in [3.05, 3.63) is 28.7 Å². The molecule has 0 spiro atoms. The Kier molecular flexibility index (Phi) is 3.69. The maximum Gasteiger partial charge on any atom is 0.274 e. The third kappa shape index (κ3) is 2.61. The molecule has 0 aromatic carbocycles. The second-order valence-electron chi connectivity index (χ2n) is 5.65. The van der Waals surface area contributed by atoms with Gasteiger partial charge in [0.05, 0.1) is 17.9 Å². The summed E-state index contributed by atoms with van der Waals surface area (Å²) in [5.74, 6) is 0.783. The molecule has 1 aliphatic rings. The molecule has 22 heavy (non-hydrogen) atoms. The van der Waals surface area contributed by atoms with E-state index in [2.05, 4.69) is 20.3 Å². The Morgan fingerprint density at radius 1 is 1.45 bits per heavy atom. The Morgan fingerprint density at radius 3 is 2.91 bits per heavy atom.